The van der Waals surface area contributed by atoms with Gasteiger partial charge in [-0.25, -0.2) is 14.8 Å². The van der Waals surface area contributed by atoms with Crippen LogP contribution in [0.1, 0.15) is 52.5 Å². The van der Waals surface area contributed by atoms with E-state index in [0.717, 1.165) is 40.7 Å². The van der Waals surface area contributed by atoms with Gasteiger partial charge in [0.2, 0.25) is 0 Å². The summed E-state index contributed by atoms with van der Waals surface area (Å²) in [4.78, 5) is 23.1. The van der Waals surface area contributed by atoms with Crippen molar-refractivity contribution < 1.29 is 14.6 Å². The third kappa shape index (κ3) is 4.26. The number of carbonyl (C=O) groups is 1. The highest BCUT2D eigenvalue weighted by atomic mass is 16.5. The molecule has 0 radical (unpaired) electrons. The fraction of sp³-hybridized carbons (Fsp3) is 0.345. The van der Waals surface area contributed by atoms with Crippen LogP contribution in [-0.2, 0) is 4.79 Å². The topological polar surface area (TPSA) is 106 Å². The molecule has 0 aliphatic carbocycles. The molecule has 8 heteroatoms. The second kappa shape index (κ2) is 9.76. The Morgan fingerprint density at radius 1 is 1.14 bits per heavy atom. The monoisotopic (exact) mass is 499 g/mol. The number of ether oxygens (including phenoxy) is 1. The summed E-state index contributed by atoms with van der Waals surface area (Å²) in [7, 11) is 0. The predicted molar refractivity (Wildman–Crippen MR) is 146 cm³/mol. The van der Waals surface area contributed by atoms with Gasteiger partial charge in [-0.05, 0) is 69.4 Å². The number of aliphatic carboxylic acids is 1. The quantitative estimate of drug-likeness (QED) is 0.308. The molecule has 0 saturated carbocycles. The number of nitrogens with zero attached hydrogens (tertiary/aromatic N) is 4. The second-order valence-electron chi connectivity index (χ2n) is 9.89. The van der Waals surface area contributed by atoms with E-state index < -0.39 is 11.5 Å². The maximum Gasteiger partial charge on any atom is 0.329 e. The van der Waals surface area contributed by atoms with Crippen LogP contribution in [0, 0.1) is 0 Å². The molecule has 0 spiro atoms. The van der Waals surface area contributed by atoms with E-state index in [9.17, 15) is 9.90 Å². The Hall–Kier alpha value is -4.07. The molecule has 1 aliphatic rings. The second-order valence-corrected chi connectivity index (χ2v) is 9.89. The van der Waals surface area contributed by atoms with E-state index in [1.165, 1.54) is 6.33 Å². The summed E-state index contributed by atoms with van der Waals surface area (Å²) in [6, 6.07) is 15.8. The molecule has 1 atom stereocenters. The van der Waals surface area contributed by atoms with Crippen LogP contribution < -0.4 is 15.4 Å². The molecule has 0 bridgehead atoms. The minimum atomic E-state index is -0.922. The van der Waals surface area contributed by atoms with E-state index in [2.05, 4.69) is 34.6 Å². The minimum absolute atomic E-state index is 0.223. The lowest BCUT2D eigenvalue weighted by Gasteiger charge is -2.45. The van der Waals surface area contributed by atoms with Crippen LogP contribution >= 0.6 is 0 Å². The van der Waals surface area contributed by atoms with Crippen LogP contribution in [0.5, 0.6) is 11.5 Å². The summed E-state index contributed by atoms with van der Waals surface area (Å²) in [5, 5.41) is 11.0. The molecule has 2 aromatic carbocycles. The number of hydrogen-bond acceptors (Lipinski definition) is 6. The Kier molecular flexibility index (Phi) is 6.50. The number of nitrogens with two attached hydrogens (primary N) is 1. The molecule has 192 valence electrons. The van der Waals surface area contributed by atoms with Gasteiger partial charge in [0.15, 0.2) is 5.75 Å². The van der Waals surface area contributed by atoms with Gasteiger partial charge >= 0.3 is 5.97 Å². The number of carboxylic acids is 1. The molecular formula is C29H33N5O3. The normalized spacial score (nSPS) is 17.9. The van der Waals surface area contributed by atoms with Gasteiger partial charge in [0, 0.05) is 24.3 Å². The minimum Gasteiger partial charge on any atom is -0.479 e. The molecule has 1 unspecified atom stereocenters. The van der Waals surface area contributed by atoms with E-state index >= 15 is 0 Å². The molecule has 3 N–H and O–H groups in total. The first-order valence-corrected chi connectivity index (χ1v) is 12.8. The SMILES string of the molecule is CCC1(C(=O)O)CCCCN1c1ccccc1Oc1ccc(-c2cn(C(C)C)c3ncnc(N)c23)cc1. The van der Waals surface area contributed by atoms with Crippen LogP contribution in [-0.4, -0.2) is 37.7 Å². The maximum absolute atomic E-state index is 12.4. The number of para-hydroxylation sites is 2. The summed E-state index contributed by atoms with van der Waals surface area (Å²) < 4.78 is 8.44. The van der Waals surface area contributed by atoms with Gasteiger partial charge in [-0.1, -0.05) is 31.2 Å². The van der Waals surface area contributed by atoms with Crippen molar-refractivity contribution in [1.29, 1.82) is 0 Å². The lowest BCUT2D eigenvalue weighted by molar-refractivity contribution is -0.144. The highest BCUT2D eigenvalue weighted by molar-refractivity contribution is 6.00. The summed E-state index contributed by atoms with van der Waals surface area (Å²) in [6.07, 6.45) is 6.58. The molecule has 3 heterocycles. The summed E-state index contributed by atoms with van der Waals surface area (Å²) in [5.74, 6) is 0.985. The van der Waals surface area contributed by atoms with Gasteiger partial charge in [-0.3, -0.25) is 0 Å². The fourth-order valence-corrected chi connectivity index (χ4v) is 5.45. The molecular weight excluding hydrogens is 466 g/mol. The van der Waals surface area contributed by atoms with E-state index in [1.807, 2.05) is 60.4 Å². The molecule has 8 nitrogen and oxygen atoms in total. The summed E-state index contributed by atoms with van der Waals surface area (Å²) in [5.41, 5.74) is 8.89. The number of rotatable bonds is 7. The van der Waals surface area contributed by atoms with Crippen molar-refractivity contribution in [3.05, 3.63) is 61.1 Å². The van der Waals surface area contributed by atoms with Crippen LogP contribution in [0.25, 0.3) is 22.2 Å². The largest absolute Gasteiger partial charge is 0.479 e. The highest BCUT2D eigenvalue weighted by Gasteiger charge is 2.45. The van der Waals surface area contributed by atoms with Gasteiger partial charge in [0.25, 0.3) is 0 Å². The molecule has 37 heavy (non-hydrogen) atoms. The molecule has 1 aliphatic heterocycles. The van der Waals surface area contributed by atoms with Gasteiger partial charge < -0.3 is 25.0 Å². The average Bonchev–Trinajstić information content (AvgIpc) is 3.31. The third-order valence-electron chi connectivity index (χ3n) is 7.47. The zero-order valence-corrected chi connectivity index (χ0v) is 21.5. The predicted octanol–water partition coefficient (Wildman–Crippen LogP) is 6.28. The maximum atomic E-state index is 12.4. The zero-order valence-electron chi connectivity index (χ0n) is 21.5. The first kappa shape index (κ1) is 24.6. The van der Waals surface area contributed by atoms with Gasteiger partial charge in [0.05, 0.1) is 11.1 Å². The van der Waals surface area contributed by atoms with Gasteiger partial charge in [0.1, 0.15) is 29.1 Å². The fourth-order valence-electron chi connectivity index (χ4n) is 5.45. The van der Waals surface area contributed by atoms with Crippen LogP contribution in [0.2, 0.25) is 0 Å². The Morgan fingerprint density at radius 3 is 2.59 bits per heavy atom. The van der Waals surface area contributed by atoms with Crippen molar-refractivity contribution in [2.45, 2.75) is 58.0 Å². The molecule has 1 saturated heterocycles. The zero-order chi connectivity index (χ0) is 26.2. The standard InChI is InChI=1S/C29H33N5O3/c1-4-29(28(35)36)15-7-8-16-34(29)23-9-5-6-10-24(23)37-21-13-11-20(12-14-21)22-17-33(19(2)3)27-25(22)26(30)31-18-32-27/h5-6,9-14,17-19H,4,7-8,15-16H2,1-3H3,(H,35,36)(H2,30,31,32). The molecule has 0 amide bonds. The average molecular weight is 500 g/mol. The van der Waals surface area contributed by atoms with Crippen LogP contribution in [0.3, 0.4) is 0 Å². The van der Waals surface area contributed by atoms with Crippen molar-refractivity contribution in [2.75, 3.05) is 17.2 Å². The van der Waals surface area contributed by atoms with E-state index in [0.29, 0.717) is 36.7 Å². The number of benzene rings is 2. The number of fused-ring (bicyclic) bond motifs is 1. The number of anilines is 2. The van der Waals surface area contributed by atoms with Crippen molar-refractivity contribution in [3.8, 4) is 22.6 Å². The summed E-state index contributed by atoms with van der Waals surface area (Å²) >= 11 is 0. The first-order chi connectivity index (χ1) is 17.9. The lowest BCUT2D eigenvalue weighted by atomic mass is 9.83. The van der Waals surface area contributed by atoms with Crippen molar-refractivity contribution >= 4 is 28.5 Å². The Labute approximate surface area is 216 Å². The molecule has 2 aromatic heterocycles. The third-order valence-corrected chi connectivity index (χ3v) is 7.47. The van der Waals surface area contributed by atoms with E-state index in [4.69, 9.17) is 10.5 Å². The van der Waals surface area contributed by atoms with Crippen molar-refractivity contribution in [2.24, 2.45) is 0 Å². The smallest absolute Gasteiger partial charge is 0.329 e. The van der Waals surface area contributed by atoms with Gasteiger partial charge in [-0.2, -0.15) is 0 Å². The Bertz CT molecular complexity index is 1430. The highest BCUT2D eigenvalue weighted by Crippen LogP contribution is 2.42. The number of carboxylic acid groups (broad SMARTS) is 1. The molecule has 5 rings (SSSR count). The number of nitrogen functional groups attached to an aromatic ring is 1. The summed E-state index contributed by atoms with van der Waals surface area (Å²) in [6.45, 7) is 6.84. The number of piperidine rings is 1. The van der Waals surface area contributed by atoms with Crippen LogP contribution in [0.4, 0.5) is 11.5 Å². The van der Waals surface area contributed by atoms with E-state index in [1.54, 1.807) is 0 Å². The van der Waals surface area contributed by atoms with Gasteiger partial charge in [-0.15, -0.1) is 0 Å². The number of hydrogen-bond donors (Lipinski definition) is 2. The lowest BCUT2D eigenvalue weighted by Crippen LogP contribution is -2.57. The molecule has 4 aromatic rings. The molecule has 1 fully saturated rings. The number of aromatic nitrogens is 3. The Balaban J connectivity index is 1.48. The first-order valence-electron chi connectivity index (χ1n) is 12.8. The Morgan fingerprint density at radius 2 is 1.89 bits per heavy atom. The van der Waals surface area contributed by atoms with Crippen molar-refractivity contribution in [3.63, 3.8) is 0 Å². The van der Waals surface area contributed by atoms with E-state index in [-0.39, 0.29) is 6.04 Å². The van der Waals surface area contributed by atoms with Crippen LogP contribution in [0.15, 0.2) is 61.1 Å². The van der Waals surface area contributed by atoms with Crippen molar-refractivity contribution in [1.82, 2.24) is 14.5 Å².